The number of hydrogen-bond donors (Lipinski definition) is 0. The molecule has 14 heavy (non-hydrogen) atoms. The summed E-state index contributed by atoms with van der Waals surface area (Å²) in [6.07, 6.45) is 1.12. The van der Waals surface area contributed by atoms with Gasteiger partial charge in [0.05, 0.1) is 11.6 Å². The highest BCUT2D eigenvalue weighted by atomic mass is 32.2. The molecule has 0 radical (unpaired) electrons. The molecule has 74 valence electrons. The van der Waals surface area contributed by atoms with Crippen molar-refractivity contribution in [3.63, 3.8) is 0 Å². The van der Waals surface area contributed by atoms with Gasteiger partial charge in [0.15, 0.2) is 0 Å². The molecule has 1 aromatic rings. The van der Waals surface area contributed by atoms with Crippen LogP contribution in [0.4, 0.5) is 4.39 Å². The van der Waals surface area contributed by atoms with Crippen LogP contribution in [0.2, 0.25) is 0 Å². The number of thioether (sulfide) groups is 1. The first kappa shape index (κ1) is 11.1. The van der Waals surface area contributed by atoms with Gasteiger partial charge in [-0.15, -0.1) is 0 Å². The second-order valence-corrected chi connectivity index (χ2v) is 4.12. The maximum absolute atomic E-state index is 13.0. The normalized spacial score (nSPS) is 9.79. The van der Waals surface area contributed by atoms with E-state index in [2.05, 4.69) is 6.92 Å². The SMILES string of the molecule is CCCSCc1cc(F)cc(C#N)c1. The Morgan fingerprint density at radius 2 is 2.21 bits per heavy atom. The van der Waals surface area contributed by atoms with Crippen LogP contribution in [0.25, 0.3) is 0 Å². The van der Waals surface area contributed by atoms with Crippen molar-refractivity contribution in [1.29, 1.82) is 5.26 Å². The molecule has 0 aromatic heterocycles. The van der Waals surface area contributed by atoms with Crippen molar-refractivity contribution in [2.75, 3.05) is 5.75 Å². The Hall–Kier alpha value is -1.01. The zero-order valence-corrected chi connectivity index (χ0v) is 8.90. The van der Waals surface area contributed by atoms with Crippen LogP contribution in [-0.2, 0) is 5.75 Å². The van der Waals surface area contributed by atoms with Gasteiger partial charge in [-0.05, 0) is 35.9 Å². The Bertz CT molecular complexity index is 344. The van der Waals surface area contributed by atoms with Gasteiger partial charge in [-0.1, -0.05) is 6.92 Å². The number of hydrogen-bond acceptors (Lipinski definition) is 2. The van der Waals surface area contributed by atoms with Crippen molar-refractivity contribution in [2.45, 2.75) is 19.1 Å². The molecular formula is C11H12FNS. The van der Waals surface area contributed by atoms with Gasteiger partial charge in [0, 0.05) is 5.75 Å². The number of nitriles is 1. The Balaban J connectivity index is 2.68. The van der Waals surface area contributed by atoms with Crippen LogP contribution in [0.3, 0.4) is 0 Å². The molecule has 0 amide bonds. The fourth-order valence-corrected chi connectivity index (χ4v) is 1.97. The van der Waals surface area contributed by atoms with Crippen LogP contribution in [0, 0.1) is 17.1 Å². The van der Waals surface area contributed by atoms with Crippen LogP contribution < -0.4 is 0 Å². The zero-order chi connectivity index (χ0) is 10.4. The van der Waals surface area contributed by atoms with Crippen molar-refractivity contribution in [3.05, 3.63) is 35.1 Å². The van der Waals surface area contributed by atoms with E-state index in [9.17, 15) is 4.39 Å². The van der Waals surface area contributed by atoms with Gasteiger partial charge in [-0.2, -0.15) is 17.0 Å². The largest absolute Gasteiger partial charge is 0.207 e. The van der Waals surface area contributed by atoms with Gasteiger partial charge < -0.3 is 0 Å². The first-order valence-electron chi connectivity index (χ1n) is 4.53. The monoisotopic (exact) mass is 209 g/mol. The molecule has 3 heteroatoms. The highest BCUT2D eigenvalue weighted by Gasteiger charge is 2.00. The van der Waals surface area contributed by atoms with Crippen molar-refractivity contribution in [3.8, 4) is 6.07 Å². The van der Waals surface area contributed by atoms with E-state index in [1.807, 2.05) is 6.07 Å². The average Bonchev–Trinajstić information content (AvgIpc) is 2.17. The smallest absolute Gasteiger partial charge is 0.124 e. The van der Waals surface area contributed by atoms with Crippen LogP contribution in [0.5, 0.6) is 0 Å². The summed E-state index contributed by atoms with van der Waals surface area (Å²) in [6.45, 7) is 2.11. The second-order valence-electron chi connectivity index (χ2n) is 3.01. The Morgan fingerprint density at radius 1 is 1.43 bits per heavy atom. The minimum absolute atomic E-state index is 0.323. The molecule has 1 aromatic carbocycles. The summed E-state index contributed by atoms with van der Waals surface area (Å²) >= 11 is 1.76. The quantitative estimate of drug-likeness (QED) is 0.710. The van der Waals surface area contributed by atoms with Crippen LogP contribution in [-0.4, -0.2) is 5.75 Å². The van der Waals surface area contributed by atoms with E-state index in [-0.39, 0.29) is 5.82 Å². The van der Waals surface area contributed by atoms with E-state index in [4.69, 9.17) is 5.26 Å². The number of halogens is 1. The zero-order valence-electron chi connectivity index (χ0n) is 8.09. The molecule has 0 aliphatic rings. The fraction of sp³-hybridized carbons (Fsp3) is 0.364. The maximum atomic E-state index is 13.0. The first-order valence-corrected chi connectivity index (χ1v) is 5.69. The highest BCUT2D eigenvalue weighted by molar-refractivity contribution is 7.98. The lowest BCUT2D eigenvalue weighted by atomic mass is 10.1. The van der Waals surface area contributed by atoms with E-state index < -0.39 is 0 Å². The Kier molecular flexibility index (Phi) is 4.48. The molecule has 0 saturated heterocycles. The fourth-order valence-electron chi connectivity index (χ4n) is 1.13. The number of rotatable bonds is 4. The van der Waals surface area contributed by atoms with E-state index in [1.165, 1.54) is 12.1 Å². The highest BCUT2D eigenvalue weighted by Crippen LogP contribution is 2.15. The molecule has 0 atom stereocenters. The number of benzene rings is 1. The minimum Gasteiger partial charge on any atom is -0.207 e. The summed E-state index contributed by atoms with van der Waals surface area (Å²) in [7, 11) is 0. The van der Waals surface area contributed by atoms with Gasteiger partial charge in [-0.3, -0.25) is 0 Å². The predicted octanol–water partition coefficient (Wildman–Crippen LogP) is 3.34. The standard InChI is InChI=1S/C11H12FNS/c1-2-3-14-8-10-4-9(7-13)5-11(12)6-10/h4-6H,2-3,8H2,1H3. The van der Waals surface area contributed by atoms with Gasteiger partial charge in [-0.25, -0.2) is 4.39 Å². The van der Waals surface area contributed by atoms with Crippen molar-refractivity contribution in [2.24, 2.45) is 0 Å². The molecule has 0 aliphatic carbocycles. The van der Waals surface area contributed by atoms with Crippen molar-refractivity contribution >= 4 is 11.8 Å². The molecule has 0 saturated carbocycles. The van der Waals surface area contributed by atoms with Crippen LogP contribution in [0.1, 0.15) is 24.5 Å². The lowest BCUT2D eigenvalue weighted by molar-refractivity contribution is 0.626. The molecule has 0 bridgehead atoms. The van der Waals surface area contributed by atoms with E-state index in [0.717, 1.165) is 23.5 Å². The average molecular weight is 209 g/mol. The topological polar surface area (TPSA) is 23.8 Å². The van der Waals surface area contributed by atoms with Crippen LogP contribution in [0.15, 0.2) is 18.2 Å². The van der Waals surface area contributed by atoms with Gasteiger partial charge in [0.2, 0.25) is 0 Å². The summed E-state index contributed by atoms with van der Waals surface area (Å²) in [5.74, 6) is 1.52. The molecule has 0 spiro atoms. The molecule has 0 N–H and O–H groups in total. The van der Waals surface area contributed by atoms with E-state index >= 15 is 0 Å². The Labute approximate surface area is 87.9 Å². The minimum atomic E-state index is -0.323. The number of nitrogens with zero attached hydrogens (tertiary/aromatic N) is 1. The predicted molar refractivity (Wildman–Crippen MR) is 57.6 cm³/mol. The lowest BCUT2D eigenvalue weighted by Gasteiger charge is -2.01. The summed E-state index contributed by atoms with van der Waals surface area (Å²) in [4.78, 5) is 0. The summed E-state index contributed by atoms with van der Waals surface area (Å²) in [6, 6.07) is 6.44. The lowest BCUT2D eigenvalue weighted by Crippen LogP contribution is -1.87. The first-order chi connectivity index (χ1) is 6.76. The van der Waals surface area contributed by atoms with E-state index in [0.29, 0.717) is 5.56 Å². The maximum Gasteiger partial charge on any atom is 0.124 e. The third-order valence-electron chi connectivity index (χ3n) is 1.70. The van der Waals surface area contributed by atoms with Crippen LogP contribution >= 0.6 is 11.8 Å². The Morgan fingerprint density at radius 3 is 2.86 bits per heavy atom. The summed E-state index contributed by atoms with van der Waals surface area (Å²) < 4.78 is 13.0. The molecule has 1 nitrogen and oxygen atoms in total. The summed E-state index contributed by atoms with van der Waals surface area (Å²) in [5, 5.41) is 8.63. The third kappa shape index (κ3) is 3.39. The molecule has 1 rings (SSSR count). The summed E-state index contributed by atoms with van der Waals surface area (Å²) in [5.41, 5.74) is 1.29. The molecule has 0 fully saturated rings. The van der Waals surface area contributed by atoms with Gasteiger partial charge >= 0.3 is 0 Å². The molecule has 0 aliphatic heterocycles. The molecular weight excluding hydrogens is 197 g/mol. The van der Waals surface area contributed by atoms with Crippen molar-refractivity contribution < 1.29 is 4.39 Å². The third-order valence-corrected chi connectivity index (χ3v) is 2.94. The van der Waals surface area contributed by atoms with Gasteiger partial charge in [0.1, 0.15) is 5.82 Å². The van der Waals surface area contributed by atoms with E-state index in [1.54, 1.807) is 17.8 Å². The van der Waals surface area contributed by atoms with Gasteiger partial charge in [0.25, 0.3) is 0 Å². The molecule has 0 unspecified atom stereocenters. The second kappa shape index (κ2) is 5.66. The van der Waals surface area contributed by atoms with Crippen molar-refractivity contribution in [1.82, 2.24) is 0 Å². The molecule has 0 heterocycles.